The average Bonchev–Trinajstić information content (AvgIpc) is 3.06. The number of anilines is 1. The molecule has 0 saturated heterocycles. The molecule has 0 unspecified atom stereocenters. The van der Waals surface area contributed by atoms with E-state index >= 15 is 0 Å². The van der Waals surface area contributed by atoms with Gasteiger partial charge in [-0.2, -0.15) is 0 Å². The Morgan fingerprint density at radius 1 is 1.30 bits per heavy atom. The van der Waals surface area contributed by atoms with Gasteiger partial charge in [0.1, 0.15) is 5.82 Å². The molecule has 0 aliphatic carbocycles. The van der Waals surface area contributed by atoms with Gasteiger partial charge in [0.2, 0.25) is 0 Å². The van der Waals surface area contributed by atoms with Crippen molar-refractivity contribution in [2.24, 2.45) is 9.98 Å². The van der Waals surface area contributed by atoms with Crippen LogP contribution in [0.3, 0.4) is 0 Å². The van der Waals surface area contributed by atoms with E-state index in [-0.39, 0.29) is 5.82 Å². The maximum Gasteiger partial charge on any atom is 0.173 e. The van der Waals surface area contributed by atoms with Crippen molar-refractivity contribution in [2.45, 2.75) is 13.1 Å². The van der Waals surface area contributed by atoms with Gasteiger partial charge in [-0.3, -0.25) is 4.99 Å². The Hall–Kier alpha value is -1.96. The number of rotatable bonds is 2. The molecule has 8 heteroatoms. The Morgan fingerprint density at radius 3 is 3.15 bits per heavy atom. The van der Waals surface area contributed by atoms with E-state index in [9.17, 15) is 4.39 Å². The van der Waals surface area contributed by atoms with Crippen LogP contribution in [0.15, 0.2) is 57.5 Å². The zero-order chi connectivity index (χ0) is 18.4. The third-order valence-corrected chi connectivity index (χ3v) is 6.65. The number of halogens is 2. The second-order valence-corrected chi connectivity index (χ2v) is 8.52. The summed E-state index contributed by atoms with van der Waals surface area (Å²) in [4.78, 5) is 11.4. The van der Waals surface area contributed by atoms with Crippen LogP contribution in [0.2, 0.25) is 5.02 Å². The highest BCUT2D eigenvalue weighted by Gasteiger charge is 2.28. The summed E-state index contributed by atoms with van der Waals surface area (Å²) < 4.78 is 13.8. The van der Waals surface area contributed by atoms with Gasteiger partial charge in [-0.1, -0.05) is 41.2 Å². The molecule has 0 amide bonds. The second-order valence-electron chi connectivity index (χ2n) is 6.28. The summed E-state index contributed by atoms with van der Waals surface area (Å²) in [5, 5.41) is 7.89. The summed E-state index contributed by atoms with van der Waals surface area (Å²) in [5.74, 6) is 0.549. The van der Waals surface area contributed by atoms with Gasteiger partial charge in [0.15, 0.2) is 10.3 Å². The lowest BCUT2D eigenvalue weighted by Crippen LogP contribution is -2.28. The quantitative estimate of drug-likeness (QED) is 0.693. The van der Waals surface area contributed by atoms with E-state index in [4.69, 9.17) is 16.6 Å². The van der Waals surface area contributed by atoms with Crippen molar-refractivity contribution < 1.29 is 4.39 Å². The summed E-state index contributed by atoms with van der Waals surface area (Å²) >= 11 is 9.38. The highest BCUT2D eigenvalue weighted by molar-refractivity contribution is 8.17. The van der Waals surface area contributed by atoms with Gasteiger partial charge >= 0.3 is 0 Å². The molecule has 0 bridgehead atoms. The van der Waals surface area contributed by atoms with Crippen LogP contribution in [0.25, 0.3) is 0 Å². The van der Waals surface area contributed by atoms with Crippen molar-refractivity contribution in [3.8, 4) is 0 Å². The first-order chi connectivity index (χ1) is 13.2. The van der Waals surface area contributed by atoms with Crippen molar-refractivity contribution in [3.63, 3.8) is 0 Å². The van der Waals surface area contributed by atoms with Gasteiger partial charge in [0.05, 0.1) is 18.8 Å². The standard InChI is InChI=1S/C19H14ClFN4S2/c20-12-4-5-16-11(6-12)8-25-13(10-27-19(25)24-16)9-26-18-22-7-14-15(21)2-1-3-17(14)23-18/h1-6,10H,7-9H2,(H,22,23). The molecule has 0 saturated carbocycles. The number of nitrogens with one attached hydrogen (secondary N) is 1. The van der Waals surface area contributed by atoms with E-state index < -0.39 is 0 Å². The summed E-state index contributed by atoms with van der Waals surface area (Å²) in [6.07, 6.45) is 0. The second kappa shape index (κ2) is 6.89. The molecule has 0 atom stereocenters. The molecule has 2 aromatic carbocycles. The first-order valence-electron chi connectivity index (χ1n) is 8.39. The lowest BCUT2D eigenvalue weighted by molar-refractivity contribution is 0.519. The van der Waals surface area contributed by atoms with Crippen LogP contribution >= 0.6 is 35.1 Å². The van der Waals surface area contributed by atoms with Gasteiger partial charge in [-0.25, -0.2) is 9.38 Å². The largest absolute Gasteiger partial charge is 0.335 e. The van der Waals surface area contributed by atoms with E-state index in [0.717, 1.165) is 44.6 Å². The van der Waals surface area contributed by atoms with Crippen LogP contribution in [0, 0.1) is 5.82 Å². The zero-order valence-corrected chi connectivity index (χ0v) is 16.5. The van der Waals surface area contributed by atoms with Crippen LogP contribution in [-0.2, 0) is 13.1 Å². The lowest BCUT2D eigenvalue weighted by atomic mass is 10.1. The Kier molecular flexibility index (Phi) is 4.38. The summed E-state index contributed by atoms with van der Waals surface area (Å²) in [7, 11) is 0. The minimum absolute atomic E-state index is 0.214. The maximum atomic E-state index is 13.8. The predicted molar refractivity (Wildman–Crippen MR) is 113 cm³/mol. The Bertz CT molecular complexity index is 1030. The highest BCUT2D eigenvalue weighted by Crippen LogP contribution is 2.38. The first kappa shape index (κ1) is 17.2. The van der Waals surface area contributed by atoms with Crippen LogP contribution in [0.1, 0.15) is 11.1 Å². The average molecular weight is 417 g/mol. The summed E-state index contributed by atoms with van der Waals surface area (Å²) in [6.45, 7) is 1.13. The Labute approximate surface area is 169 Å². The molecular formula is C19H14ClFN4S2. The molecular weight excluding hydrogens is 403 g/mol. The van der Waals surface area contributed by atoms with Crippen molar-refractivity contribution in [2.75, 3.05) is 11.1 Å². The minimum atomic E-state index is -0.214. The van der Waals surface area contributed by atoms with Crippen LogP contribution in [0.4, 0.5) is 15.8 Å². The van der Waals surface area contributed by atoms with E-state index in [1.54, 1.807) is 29.6 Å². The zero-order valence-electron chi connectivity index (χ0n) is 14.1. The fraction of sp³-hybridized carbons (Fsp3) is 0.158. The number of fused-ring (bicyclic) bond motifs is 3. The van der Waals surface area contributed by atoms with Gasteiger partial charge in [-0.05, 0) is 41.3 Å². The van der Waals surface area contributed by atoms with E-state index in [1.165, 1.54) is 11.8 Å². The molecule has 27 heavy (non-hydrogen) atoms. The summed E-state index contributed by atoms with van der Waals surface area (Å²) in [5.41, 5.74) is 4.71. The smallest absolute Gasteiger partial charge is 0.173 e. The monoisotopic (exact) mass is 416 g/mol. The van der Waals surface area contributed by atoms with Crippen LogP contribution < -0.4 is 5.32 Å². The fourth-order valence-electron chi connectivity index (χ4n) is 3.17. The molecule has 0 radical (unpaired) electrons. The molecule has 0 fully saturated rings. The Balaban J connectivity index is 1.28. The molecule has 4 nitrogen and oxygen atoms in total. The van der Waals surface area contributed by atoms with Gasteiger partial charge in [0, 0.05) is 27.7 Å². The molecule has 3 aliphatic rings. The molecule has 2 aromatic rings. The molecule has 3 heterocycles. The molecule has 1 N–H and O–H groups in total. The van der Waals surface area contributed by atoms with Crippen molar-refractivity contribution >= 4 is 56.8 Å². The predicted octanol–water partition coefficient (Wildman–Crippen LogP) is 5.59. The highest BCUT2D eigenvalue weighted by atomic mass is 35.5. The lowest BCUT2D eigenvalue weighted by Gasteiger charge is -2.27. The minimum Gasteiger partial charge on any atom is -0.335 e. The fourth-order valence-corrected chi connectivity index (χ4v) is 5.24. The molecule has 136 valence electrons. The Morgan fingerprint density at radius 2 is 2.22 bits per heavy atom. The normalized spacial score (nSPS) is 17.3. The van der Waals surface area contributed by atoms with Crippen molar-refractivity contribution in [1.29, 1.82) is 0 Å². The third kappa shape index (κ3) is 3.24. The van der Waals surface area contributed by atoms with Crippen LogP contribution in [0.5, 0.6) is 0 Å². The van der Waals surface area contributed by atoms with E-state index in [2.05, 4.69) is 20.6 Å². The maximum absolute atomic E-state index is 13.8. The third-order valence-electron chi connectivity index (χ3n) is 4.56. The topological polar surface area (TPSA) is 40.0 Å². The molecule has 0 aromatic heterocycles. The summed E-state index contributed by atoms with van der Waals surface area (Å²) in [6, 6.07) is 10.9. The van der Waals surface area contributed by atoms with Gasteiger partial charge < -0.3 is 10.2 Å². The number of hydrogen-bond acceptors (Lipinski definition) is 6. The number of aliphatic imine (C=N–C) groups is 2. The van der Waals surface area contributed by atoms with Crippen molar-refractivity contribution in [3.05, 3.63) is 69.5 Å². The van der Waals surface area contributed by atoms with Gasteiger partial charge in [0.25, 0.3) is 0 Å². The van der Waals surface area contributed by atoms with E-state index in [0.29, 0.717) is 12.1 Å². The number of benzene rings is 2. The van der Waals surface area contributed by atoms with Crippen molar-refractivity contribution in [1.82, 2.24) is 4.90 Å². The number of hydrogen-bond donors (Lipinski definition) is 1. The SMILES string of the molecule is Fc1cccc2c1CN=C(SCC1=CSC3=Nc4ccc(Cl)cc4CN13)N2. The first-order valence-corrected chi connectivity index (χ1v) is 10.6. The molecule has 5 rings (SSSR count). The molecule has 3 aliphatic heterocycles. The number of nitrogens with zero attached hydrogens (tertiary/aromatic N) is 3. The number of thioether (sulfide) groups is 2. The van der Waals surface area contributed by atoms with Crippen LogP contribution in [-0.4, -0.2) is 21.0 Å². The van der Waals surface area contributed by atoms with Gasteiger partial charge in [-0.15, -0.1) is 0 Å². The molecule has 0 spiro atoms. The number of amidine groups is 2. The van der Waals surface area contributed by atoms with E-state index in [1.807, 2.05) is 24.3 Å².